The number of hydrogen-bond donors (Lipinski definition) is 1. The maximum atomic E-state index is 14.0. The molecule has 3 aliphatic rings. The van der Waals surface area contributed by atoms with Crippen molar-refractivity contribution in [1.29, 1.82) is 0 Å². The normalized spacial score (nSPS) is 23.4. The van der Waals surface area contributed by atoms with Crippen molar-refractivity contribution < 1.29 is 23.9 Å². The van der Waals surface area contributed by atoms with Gasteiger partial charge in [0.1, 0.15) is 18.2 Å². The number of rotatable bonds is 11. The number of ether oxygens (including phenoxy) is 1. The Balaban J connectivity index is 1.44. The van der Waals surface area contributed by atoms with Crippen LogP contribution in [0.4, 0.5) is 0 Å². The summed E-state index contributed by atoms with van der Waals surface area (Å²) in [6.45, 7) is 15.3. The summed E-state index contributed by atoms with van der Waals surface area (Å²) in [7, 11) is 1.75. The monoisotopic (exact) mass is 636 g/mol. The average Bonchev–Trinajstić information content (AvgIpc) is 3.68. The van der Waals surface area contributed by atoms with Gasteiger partial charge in [0.2, 0.25) is 17.7 Å². The number of fused-ring (bicyclic) bond motifs is 1. The number of piperidine rings is 1. The van der Waals surface area contributed by atoms with Gasteiger partial charge in [0.25, 0.3) is 0 Å². The molecule has 1 aliphatic carbocycles. The maximum absolute atomic E-state index is 14.0. The Morgan fingerprint density at radius 2 is 1.61 bits per heavy atom. The summed E-state index contributed by atoms with van der Waals surface area (Å²) >= 11 is 0. The molecule has 2 aliphatic heterocycles. The number of carbonyl (C=O) groups is 4. The number of hydrogen-bond acceptors (Lipinski definition) is 6. The highest BCUT2D eigenvalue weighted by atomic mass is 16.5. The first-order valence-corrected chi connectivity index (χ1v) is 17.4. The molecule has 0 aromatic heterocycles. The standard InChI is InChI=1S/C37H56N4O5/c1-23(2)31(39(8)36(44)33(24(3)4)38-34(42)29-16-11-12-20-40(29)25(5)6)22-26(7)35(43)41-21-13-17-30(41)37(45)46-32-19-18-27-14-9-10-15-28(27)32/h9-10,14-15,22-25,29-33H,11-13,16-21H2,1-8H3,(H,38,42)/t29-,30+,31-,32-,33+/m1/s1. The summed E-state index contributed by atoms with van der Waals surface area (Å²) in [6.07, 6.45) is 7.38. The summed E-state index contributed by atoms with van der Waals surface area (Å²) < 4.78 is 5.97. The van der Waals surface area contributed by atoms with Gasteiger partial charge in [0.05, 0.1) is 12.1 Å². The van der Waals surface area contributed by atoms with Gasteiger partial charge >= 0.3 is 5.97 Å². The van der Waals surface area contributed by atoms with Gasteiger partial charge in [-0.2, -0.15) is 0 Å². The van der Waals surface area contributed by atoms with Crippen molar-refractivity contribution in [2.45, 2.75) is 130 Å². The number of aryl methyl sites for hydroxylation is 1. The molecule has 4 rings (SSSR count). The lowest BCUT2D eigenvalue weighted by atomic mass is 9.95. The van der Waals surface area contributed by atoms with Crippen molar-refractivity contribution in [3.63, 3.8) is 0 Å². The first kappa shape index (κ1) is 35.7. The zero-order chi connectivity index (χ0) is 33.7. The third-order valence-corrected chi connectivity index (χ3v) is 10.1. The van der Waals surface area contributed by atoms with E-state index in [-0.39, 0.29) is 59.8 Å². The van der Waals surface area contributed by atoms with E-state index in [1.54, 1.807) is 23.8 Å². The predicted octanol–water partition coefficient (Wildman–Crippen LogP) is 5.04. The number of carbonyl (C=O) groups excluding carboxylic acids is 4. The van der Waals surface area contributed by atoms with Crippen LogP contribution in [0.2, 0.25) is 0 Å². The van der Waals surface area contributed by atoms with Crippen molar-refractivity contribution in [3.05, 3.63) is 47.0 Å². The lowest BCUT2D eigenvalue weighted by Gasteiger charge is -2.39. The minimum Gasteiger partial charge on any atom is -0.456 e. The summed E-state index contributed by atoms with van der Waals surface area (Å²) in [5, 5.41) is 3.10. The Morgan fingerprint density at radius 1 is 0.913 bits per heavy atom. The number of likely N-dealkylation sites (tertiary alicyclic amines) is 2. The van der Waals surface area contributed by atoms with Crippen LogP contribution in [0, 0.1) is 11.8 Å². The first-order valence-electron chi connectivity index (χ1n) is 17.4. The van der Waals surface area contributed by atoms with Crippen LogP contribution >= 0.6 is 0 Å². The van der Waals surface area contributed by atoms with Crippen LogP contribution in [-0.4, -0.2) is 88.7 Å². The summed E-state index contributed by atoms with van der Waals surface area (Å²) in [4.78, 5) is 60.1. The van der Waals surface area contributed by atoms with Crippen molar-refractivity contribution in [3.8, 4) is 0 Å². The van der Waals surface area contributed by atoms with Gasteiger partial charge in [0, 0.05) is 25.2 Å². The molecule has 2 heterocycles. The topological polar surface area (TPSA) is 99.3 Å². The molecule has 9 heteroatoms. The van der Waals surface area contributed by atoms with Crippen molar-refractivity contribution in [2.24, 2.45) is 11.8 Å². The Kier molecular flexibility index (Phi) is 12.1. The number of benzene rings is 1. The molecule has 2 fully saturated rings. The molecule has 0 spiro atoms. The zero-order valence-electron chi connectivity index (χ0n) is 29.3. The number of nitrogens with one attached hydrogen (secondary N) is 1. The van der Waals surface area contributed by atoms with Crippen LogP contribution in [0.5, 0.6) is 0 Å². The zero-order valence-corrected chi connectivity index (χ0v) is 29.3. The molecule has 2 saturated heterocycles. The number of likely N-dealkylation sites (N-methyl/N-ethyl adjacent to an activating group) is 1. The second-order valence-electron chi connectivity index (χ2n) is 14.4. The van der Waals surface area contributed by atoms with E-state index in [1.165, 1.54) is 5.56 Å². The van der Waals surface area contributed by atoms with Crippen LogP contribution in [0.1, 0.15) is 104 Å². The highest BCUT2D eigenvalue weighted by Crippen LogP contribution is 2.35. The van der Waals surface area contributed by atoms with Gasteiger partial charge < -0.3 is 19.9 Å². The van der Waals surface area contributed by atoms with Gasteiger partial charge in [-0.3, -0.25) is 19.3 Å². The second-order valence-corrected chi connectivity index (χ2v) is 14.4. The second kappa shape index (κ2) is 15.6. The molecule has 0 unspecified atom stereocenters. The summed E-state index contributed by atoms with van der Waals surface area (Å²) in [6, 6.07) is 6.39. The van der Waals surface area contributed by atoms with Crippen molar-refractivity contribution in [2.75, 3.05) is 20.1 Å². The third kappa shape index (κ3) is 8.01. The maximum Gasteiger partial charge on any atom is 0.329 e. The van der Waals surface area contributed by atoms with Gasteiger partial charge in [-0.15, -0.1) is 0 Å². The molecule has 1 N–H and O–H groups in total. The fourth-order valence-corrected chi connectivity index (χ4v) is 7.40. The van der Waals surface area contributed by atoms with E-state index in [4.69, 9.17) is 4.74 Å². The molecule has 1 aromatic rings. The number of esters is 1. The molecule has 5 atom stereocenters. The van der Waals surface area contributed by atoms with Gasteiger partial charge in [-0.1, -0.05) is 64.5 Å². The lowest BCUT2D eigenvalue weighted by molar-refractivity contribution is -0.157. The Morgan fingerprint density at radius 3 is 2.28 bits per heavy atom. The SMILES string of the molecule is CC(=C[C@H](C(C)C)N(C)C(=O)[C@@H](NC(=O)[C@H]1CCCCN1C(C)C)C(C)C)C(=O)N1CCC[C@H]1C(=O)O[C@@H]1CCc2ccccc21. The minimum atomic E-state index is -0.683. The Hall–Kier alpha value is -3.20. The first-order chi connectivity index (χ1) is 21.8. The van der Waals surface area contributed by atoms with E-state index < -0.39 is 12.1 Å². The molecule has 0 radical (unpaired) electrons. The molecule has 46 heavy (non-hydrogen) atoms. The van der Waals surface area contributed by atoms with Crippen molar-refractivity contribution in [1.82, 2.24) is 20.0 Å². The molecule has 9 nitrogen and oxygen atoms in total. The summed E-state index contributed by atoms with van der Waals surface area (Å²) in [5.74, 6) is -0.931. The molecule has 3 amide bonds. The lowest BCUT2D eigenvalue weighted by Crippen LogP contribution is -2.58. The highest BCUT2D eigenvalue weighted by molar-refractivity contribution is 5.96. The smallest absolute Gasteiger partial charge is 0.329 e. The van der Waals surface area contributed by atoms with Crippen LogP contribution in [0.3, 0.4) is 0 Å². The third-order valence-electron chi connectivity index (χ3n) is 10.1. The molecule has 254 valence electrons. The van der Waals surface area contributed by atoms with E-state index in [0.29, 0.717) is 18.5 Å². The summed E-state index contributed by atoms with van der Waals surface area (Å²) in [5.41, 5.74) is 2.76. The quantitative estimate of drug-likeness (QED) is 0.270. The van der Waals surface area contributed by atoms with E-state index in [2.05, 4.69) is 30.1 Å². The molecular formula is C37H56N4O5. The minimum absolute atomic E-state index is 0.0109. The van der Waals surface area contributed by atoms with Gasteiger partial charge in [-0.05, 0) is 88.8 Å². The fourth-order valence-electron chi connectivity index (χ4n) is 7.40. The van der Waals surface area contributed by atoms with E-state index >= 15 is 0 Å². The van der Waals surface area contributed by atoms with Crippen LogP contribution in [0.25, 0.3) is 0 Å². The molecule has 0 bridgehead atoms. The number of nitrogens with zero attached hydrogens (tertiary/aromatic N) is 3. The molecular weight excluding hydrogens is 580 g/mol. The van der Waals surface area contributed by atoms with E-state index in [1.807, 2.05) is 52.0 Å². The van der Waals surface area contributed by atoms with Crippen molar-refractivity contribution >= 4 is 23.7 Å². The van der Waals surface area contributed by atoms with E-state index in [0.717, 1.165) is 50.6 Å². The van der Waals surface area contributed by atoms with Gasteiger partial charge in [-0.25, -0.2) is 4.79 Å². The average molecular weight is 637 g/mol. The largest absolute Gasteiger partial charge is 0.456 e. The molecule has 0 saturated carbocycles. The Labute approximate surface area is 276 Å². The van der Waals surface area contributed by atoms with Crippen LogP contribution < -0.4 is 5.32 Å². The predicted molar refractivity (Wildman–Crippen MR) is 180 cm³/mol. The number of amides is 3. The highest BCUT2D eigenvalue weighted by Gasteiger charge is 2.39. The van der Waals surface area contributed by atoms with E-state index in [9.17, 15) is 19.2 Å². The van der Waals surface area contributed by atoms with Crippen LogP contribution in [0.15, 0.2) is 35.9 Å². The molecule has 1 aromatic carbocycles. The van der Waals surface area contributed by atoms with Gasteiger partial charge in [0.15, 0.2) is 0 Å². The Bertz CT molecular complexity index is 1290. The van der Waals surface area contributed by atoms with Crippen LogP contribution in [-0.2, 0) is 30.3 Å². The fraction of sp³-hybridized carbons (Fsp3) is 0.676.